The number of aliphatic hydroxyl groups excluding tert-OH is 1. The molecule has 1 N–H and O–H groups in total. The van der Waals surface area contributed by atoms with Gasteiger partial charge in [0.15, 0.2) is 0 Å². The molecule has 0 amide bonds. The van der Waals surface area contributed by atoms with Crippen molar-refractivity contribution in [3.63, 3.8) is 0 Å². The molecule has 0 rings (SSSR count). The van der Waals surface area contributed by atoms with Gasteiger partial charge in [-0.25, -0.2) is 0 Å². The van der Waals surface area contributed by atoms with E-state index < -0.39 is 12.0 Å². The molecule has 0 aromatic carbocycles. The molecule has 2 atom stereocenters. The molecule has 3 heteroatoms. The maximum atomic E-state index is 10.8. The monoisotopic (exact) mass is 160 g/mol. The molecule has 0 spiro atoms. The summed E-state index contributed by atoms with van der Waals surface area (Å²) in [5.74, 6) is -0.745. The molecule has 0 aliphatic rings. The van der Waals surface area contributed by atoms with E-state index >= 15 is 0 Å². The summed E-state index contributed by atoms with van der Waals surface area (Å²) in [4.78, 5) is 10.8. The lowest BCUT2D eigenvalue weighted by Gasteiger charge is -2.15. The van der Waals surface area contributed by atoms with Gasteiger partial charge in [-0.1, -0.05) is 13.3 Å². The molecule has 3 nitrogen and oxygen atoms in total. The Kier molecular flexibility index (Phi) is 4.86. The van der Waals surface area contributed by atoms with Gasteiger partial charge in [0.05, 0.1) is 19.1 Å². The van der Waals surface area contributed by atoms with Crippen LogP contribution in [0, 0.1) is 5.92 Å². The molecule has 0 aromatic rings. The predicted octanol–water partition coefficient (Wildman–Crippen LogP) is 0.956. The van der Waals surface area contributed by atoms with E-state index in [0.29, 0.717) is 6.42 Å². The minimum Gasteiger partial charge on any atom is -0.469 e. The van der Waals surface area contributed by atoms with E-state index in [1.54, 1.807) is 6.92 Å². The van der Waals surface area contributed by atoms with E-state index in [9.17, 15) is 9.90 Å². The molecule has 0 aliphatic carbocycles. The van der Waals surface area contributed by atoms with Gasteiger partial charge in [-0.15, -0.1) is 0 Å². The average molecular weight is 160 g/mol. The fourth-order valence-electron chi connectivity index (χ4n) is 0.889. The molecule has 11 heavy (non-hydrogen) atoms. The van der Waals surface area contributed by atoms with E-state index in [-0.39, 0.29) is 5.97 Å². The number of rotatable bonds is 4. The van der Waals surface area contributed by atoms with Gasteiger partial charge >= 0.3 is 5.97 Å². The second kappa shape index (κ2) is 5.13. The van der Waals surface area contributed by atoms with E-state index in [2.05, 4.69) is 4.74 Å². The molecule has 0 unspecified atom stereocenters. The van der Waals surface area contributed by atoms with Crippen LogP contribution in [-0.4, -0.2) is 24.3 Å². The molecule has 0 aromatic heterocycles. The zero-order valence-electron chi connectivity index (χ0n) is 7.33. The minimum atomic E-state index is -0.563. The van der Waals surface area contributed by atoms with Gasteiger partial charge in [0.1, 0.15) is 0 Å². The minimum absolute atomic E-state index is 0.342. The normalized spacial score (nSPS) is 15.6. The van der Waals surface area contributed by atoms with Gasteiger partial charge in [0.2, 0.25) is 0 Å². The zero-order valence-corrected chi connectivity index (χ0v) is 7.33. The summed E-state index contributed by atoms with van der Waals surface area (Å²) in [7, 11) is 1.33. The fraction of sp³-hybridized carbons (Fsp3) is 0.875. The zero-order chi connectivity index (χ0) is 8.85. The molecule has 66 valence electrons. The van der Waals surface area contributed by atoms with Crippen molar-refractivity contribution in [3.05, 3.63) is 0 Å². The van der Waals surface area contributed by atoms with Crippen LogP contribution in [0.15, 0.2) is 0 Å². The summed E-state index contributed by atoms with van der Waals surface area (Å²) in [5, 5.41) is 9.32. The lowest BCUT2D eigenvalue weighted by molar-refractivity contribution is -0.148. The maximum Gasteiger partial charge on any atom is 0.311 e. The van der Waals surface area contributed by atoms with Crippen molar-refractivity contribution in [2.45, 2.75) is 32.8 Å². The Morgan fingerprint density at radius 1 is 1.64 bits per heavy atom. The number of carbonyl (C=O) groups is 1. The van der Waals surface area contributed by atoms with Gasteiger partial charge in [-0.3, -0.25) is 4.79 Å². The first-order chi connectivity index (χ1) is 5.13. The fourth-order valence-corrected chi connectivity index (χ4v) is 0.889. The Labute approximate surface area is 67.4 Å². The summed E-state index contributed by atoms with van der Waals surface area (Å²) in [5.41, 5.74) is 0. The van der Waals surface area contributed by atoms with Crippen LogP contribution in [0.1, 0.15) is 26.7 Å². The van der Waals surface area contributed by atoms with Crippen LogP contribution in [0.3, 0.4) is 0 Å². The van der Waals surface area contributed by atoms with Crippen LogP contribution in [0.5, 0.6) is 0 Å². The molecular weight excluding hydrogens is 144 g/mol. The SMILES string of the molecule is CCC[C@H](O)[C@H](C)C(=O)OC. The molecule has 0 fully saturated rings. The number of ether oxygens (including phenoxy) is 1. The van der Waals surface area contributed by atoms with Crippen molar-refractivity contribution in [1.82, 2.24) is 0 Å². The molecule has 0 saturated heterocycles. The summed E-state index contributed by atoms with van der Waals surface area (Å²) in [6.07, 6.45) is 0.964. The number of esters is 1. The highest BCUT2D eigenvalue weighted by atomic mass is 16.5. The van der Waals surface area contributed by atoms with Crippen molar-refractivity contribution in [2.24, 2.45) is 5.92 Å². The predicted molar refractivity (Wildman–Crippen MR) is 42.1 cm³/mol. The van der Waals surface area contributed by atoms with Crippen LogP contribution in [0.2, 0.25) is 0 Å². The third-order valence-electron chi connectivity index (χ3n) is 1.73. The van der Waals surface area contributed by atoms with Gasteiger partial charge in [-0.2, -0.15) is 0 Å². The second-order valence-electron chi connectivity index (χ2n) is 2.67. The Morgan fingerprint density at radius 2 is 2.18 bits per heavy atom. The average Bonchev–Trinajstić information content (AvgIpc) is 2.02. The highest BCUT2D eigenvalue weighted by Crippen LogP contribution is 2.09. The van der Waals surface area contributed by atoms with Gasteiger partial charge in [0, 0.05) is 0 Å². The van der Waals surface area contributed by atoms with Crippen LogP contribution < -0.4 is 0 Å². The first kappa shape index (κ1) is 10.4. The van der Waals surface area contributed by atoms with Gasteiger partial charge in [0.25, 0.3) is 0 Å². The molecule has 0 bridgehead atoms. The van der Waals surface area contributed by atoms with Crippen LogP contribution in [0.4, 0.5) is 0 Å². The van der Waals surface area contributed by atoms with Crippen molar-refractivity contribution < 1.29 is 14.6 Å². The Hall–Kier alpha value is -0.570. The molecule has 0 heterocycles. The summed E-state index contributed by atoms with van der Waals surface area (Å²) in [6.45, 7) is 3.64. The van der Waals surface area contributed by atoms with Crippen molar-refractivity contribution in [2.75, 3.05) is 7.11 Å². The van der Waals surface area contributed by atoms with Gasteiger partial charge in [-0.05, 0) is 13.3 Å². The van der Waals surface area contributed by atoms with E-state index in [1.165, 1.54) is 7.11 Å². The first-order valence-corrected chi connectivity index (χ1v) is 3.89. The molecule has 0 aliphatic heterocycles. The second-order valence-corrected chi connectivity index (χ2v) is 2.67. The summed E-state index contributed by atoms with van der Waals surface area (Å²) in [6, 6.07) is 0. The lowest BCUT2D eigenvalue weighted by Crippen LogP contribution is -2.26. The van der Waals surface area contributed by atoms with Crippen molar-refractivity contribution >= 4 is 5.97 Å². The largest absolute Gasteiger partial charge is 0.469 e. The van der Waals surface area contributed by atoms with Crippen LogP contribution in [0.25, 0.3) is 0 Å². The highest BCUT2D eigenvalue weighted by molar-refractivity contribution is 5.72. The molecular formula is C8H16O3. The van der Waals surface area contributed by atoms with E-state index in [4.69, 9.17) is 0 Å². The molecule has 0 saturated carbocycles. The first-order valence-electron chi connectivity index (χ1n) is 3.89. The Morgan fingerprint density at radius 3 is 2.55 bits per heavy atom. The van der Waals surface area contributed by atoms with Gasteiger partial charge < -0.3 is 9.84 Å². The topological polar surface area (TPSA) is 46.5 Å². The van der Waals surface area contributed by atoms with E-state index in [0.717, 1.165) is 6.42 Å². The number of carbonyl (C=O) groups excluding carboxylic acids is 1. The third-order valence-corrected chi connectivity index (χ3v) is 1.73. The van der Waals surface area contributed by atoms with Crippen molar-refractivity contribution in [3.8, 4) is 0 Å². The van der Waals surface area contributed by atoms with Crippen molar-refractivity contribution in [1.29, 1.82) is 0 Å². The van der Waals surface area contributed by atoms with E-state index in [1.807, 2.05) is 6.92 Å². The number of methoxy groups -OCH3 is 1. The summed E-state index contributed by atoms with van der Waals surface area (Å²) < 4.78 is 4.48. The Balaban J connectivity index is 3.80. The number of hydrogen-bond donors (Lipinski definition) is 1. The Bertz CT molecular complexity index is 123. The highest BCUT2D eigenvalue weighted by Gasteiger charge is 2.21. The van der Waals surface area contributed by atoms with Crippen LogP contribution in [-0.2, 0) is 9.53 Å². The lowest BCUT2D eigenvalue weighted by atomic mass is 10.0. The quantitative estimate of drug-likeness (QED) is 0.623. The number of aliphatic hydroxyl groups is 1. The smallest absolute Gasteiger partial charge is 0.311 e. The standard InChI is InChI=1S/C8H16O3/c1-4-5-7(9)6(2)8(10)11-3/h6-7,9H,4-5H2,1-3H3/t6-,7-/m0/s1. The van der Waals surface area contributed by atoms with Crippen LogP contribution >= 0.6 is 0 Å². The number of hydrogen-bond acceptors (Lipinski definition) is 3. The third kappa shape index (κ3) is 3.37. The molecule has 0 radical (unpaired) electrons. The maximum absolute atomic E-state index is 10.8. The summed E-state index contributed by atoms with van der Waals surface area (Å²) >= 11 is 0.